The van der Waals surface area contributed by atoms with Crippen molar-refractivity contribution >= 4 is 21.7 Å². The van der Waals surface area contributed by atoms with Crippen LogP contribution in [0, 0.1) is 6.92 Å². The maximum Gasteiger partial charge on any atom is 0.280 e. The number of hydrogen-bond acceptors (Lipinski definition) is 3. The minimum atomic E-state index is -3.42. The molecule has 0 aliphatic heterocycles. The average Bonchev–Trinajstić information content (AvgIpc) is 3.08. The van der Waals surface area contributed by atoms with Crippen LogP contribution in [0.25, 0.3) is 0 Å². The third-order valence-corrected chi connectivity index (χ3v) is 4.57. The van der Waals surface area contributed by atoms with Crippen molar-refractivity contribution in [2.45, 2.75) is 30.6 Å². The van der Waals surface area contributed by atoms with Gasteiger partial charge in [-0.05, 0) is 42.9 Å². The number of rotatable bonds is 3. The fraction of sp³-hybridized carbons (Fsp3) is 0.385. The van der Waals surface area contributed by atoms with E-state index < -0.39 is 15.7 Å². The van der Waals surface area contributed by atoms with Crippen LogP contribution < -0.4 is 11.5 Å². The second-order valence-corrected chi connectivity index (χ2v) is 7.00. The molecule has 1 aliphatic carbocycles. The number of aliphatic imine (C=N–C) groups is 1. The maximum atomic E-state index is 12.0. The zero-order chi connectivity index (χ0) is 15.1. The van der Waals surface area contributed by atoms with Gasteiger partial charge in [0.1, 0.15) is 0 Å². The minimum Gasteiger partial charge on any atom is -0.370 e. The van der Waals surface area contributed by atoms with Gasteiger partial charge in [0, 0.05) is 11.8 Å². The highest BCUT2D eigenvalue weighted by atomic mass is 32.2. The summed E-state index contributed by atoms with van der Waals surface area (Å²) in [6, 6.07) is 3.28. The van der Waals surface area contributed by atoms with E-state index in [1.807, 2.05) is 0 Å². The van der Waals surface area contributed by atoms with Crippen molar-refractivity contribution < 1.29 is 13.2 Å². The van der Waals surface area contributed by atoms with Gasteiger partial charge in [-0.15, -0.1) is 0 Å². The van der Waals surface area contributed by atoms with E-state index in [1.165, 1.54) is 0 Å². The standard InChI is InChI=1S/C13H17N3O3S/c1-7-9(12(17)16-13(14)15)5-6-10(8-3-4-8)11(7)20(2,18)19/h5-6,8H,3-4H2,1-2H3,(H4,14,15,16,17). The lowest BCUT2D eigenvalue weighted by molar-refractivity contribution is 0.100. The lowest BCUT2D eigenvalue weighted by Crippen LogP contribution is -2.24. The summed E-state index contributed by atoms with van der Waals surface area (Å²) in [4.78, 5) is 15.6. The Morgan fingerprint density at radius 2 is 1.90 bits per heavy atom. The summed E-state index contributed by atoms with van der Waals surface area (Å²) >= 11 is 0. The molecule has 0 spiro atoms. The molecular weight excluding hydrogens is 278 g/mol. The average molecular weight is 295 g/mol. The Morgan fingerprint density at radius 3 is 2.35 bits per heavy atom. The van der Waals surface area contributed by atoms with Gasteiger partial charge >= 0.3 is 0 Å². The highest BCUT2D eigenvalue weighted by Gasteiger charge is 2.31. The Kier molecular flexibility index (Phi) is 3.56. The molecule has 0 bridgehead atoms. The van der Waals surface area contributed by atoms with Crippen molar-refractivity contribution in [3.63, 3.8) is 0 Å². The lowest BCUT2D eigenvalue weighted by Gasteiger charge is -2.13. The van der Waals surface area contributed by atoms with Gasteiger partial charge in [-0.25, -0.2) is 8.42 Å². The van der Waals surface area contributed by atoms with E-state index in [1.54, 1.807) is 19.1 Å². The molecule has 0 atom stereocenters. The quantitative estimate of drug-likeness (QED) is 0.628. The summed E-state index contributed by atoms with van der Waals surface area (Å²) in [6.07, 6.45) is 3.10. The molecule has 0 radical (unpaired) electrons. The van der Waals surface area contributed by atoms with E-state index in [-0.39, 0.29) is 22.3 Å². The third kappa shape index (κ3) is 2.82. The molecular formula is C13H17N3O3S. The molecule has 0 heterocycles. The number of carbonyl (C=O) groups excluding carboxylic acids is 1. The van der Waals surface area contributed by atoms with Gasteiger partial charge < -0.3 is 11.5 Å². The molecule has 0 aromatic heterocycles. The molecule has 108 valence electrons. The van der Waals surface area contributed by atoms with Gasteiger partial charge in [-0.3, -0.25) is 4.79 Å². The molecule has 1 aromatic rings. The number of hydrogen-bond donors (Lipinski definition) is 2. The van der Waals surface area contributed by atoms with Crippen molar-refractivity contribution in [1.29, 1.82) is 0 Å². The molecule has 2 rings (SSSR count). The molecule has 1 aliphatic rings. The number of amides is 1. The van der Waals surface area contributed by atoms with Crippen LogP contribution in [0.1, 0.15) is 40.2 Å². The maximum absolute atomic E-state index is 12.0. The summed E-state index contributed by atoms with van der Waals surface area (Å²) in [7, 11) is -3.42. The Labute approximate surface area is 117 Å². The minimum absolute atomic E-state index is 0.211. The number of carbonyl (C=O) groups is 1. The van der Waals surface area contributed by atoms with Gasteiger partial charge in [0.25, 0.3) is 5.91 Å². The van der Waals surface area contributed by atoms with Crippen molar-refractivity contribution in [3.8, 4) is 0 Å². The highest BCUT2D eigenvalue weighted by Crippen LogP contribution is 2.44. The Morgan fingerprint density at radius 1 is 1.30 bits per heavy atom. The van der Waals surface area contributed by atoms with E-state index in [0.29, 0.717) is 5.56 Å². The topological polar surface area (TPSA) is 116 Å². The molecule has 6 nitrogen and oxygen atoms in total. The second-order valence-electron chi connectivity index (χ2n) is 5.04. The SMILES string of the molecule is Cc1c(C(=O)N=C(N)N)ccc(C2CC2)c1S(C)(=O)=O. The number of nitrogens with two attached hydrogens (primary N) is 2. The van der Waals surface area contributed by atoms with Crippen LogP contribution in [-0.2, 0) is 9.84 Å². The predicted molar refractivity (Wildman–Crippen MR) is 76.4 cm³/mol. The molecule has 0 unspecified atom stereocenters. The first-order chi connectivity index (χ1) is 9.21. The summed E-state index contributed by atoms with van der Waals surface area (Å²) < 4.78 is 24.0. The molecule has 1 amide bonds. The summed E-state index contributed by atoms with van der Waals surface area (Å²) in [5, 5.41) is 0. The largest absolute Gasteiger partial charge is 0.370 e. The van der Waals surface area contributed by atoms with Crippen molar-refractivity contribution in [2.24, 2.45) is 16.5 Å². The Bertz CT molecular complexity index is 700. The fourth-order valence-electron chi connectivity index (χ4n) is 2.33. The Balaban J connectivity index is 2.64. The number of nitrogens with zero attached hydrogens (tertiary/aromatic N) is 1. The van der Waals surface area contributed by atoms with Crippen LogP contribution >= 0.6 is 0 Å². The Hall–Kier alpha value is -1.89. The van der Waals surface area contributed by atoms with Crippen molar-refractivity contribution in [3.05, 3.63) is 28.8 Å². The highest BCUT2D eigenvalue weighted by molar-refractivity contribution is 7.90. The third-order valence-electron chi connectivity index (χ3n) is 3.29. The van der Waals surface area contributed by atoms with E-state index in [0.717, 1.165) is 24.7 Å². The summed E-state index contributed by atoms with van der Waals surface area (Å²) in [5.74, 6) is -0.707. The van der Waals surface area contributed by atoms with E-state index >= 15 is 0 Å². The second kappa shape index (κ2) is 4.90. The van der Waals surface area contributed by atoms with Gasteiger partial charge in [0.2, 0.25) is 0 Å². The zero-order valence-corrected chi connectivity index (χ0v) is 12.2. The van der Waals surface area contributed by atoms with Crippen LogP contribution in [0.2, 0.25) is 0 Å². The van der Waals surface area contributed by atoms with Gasteiger partial charge in [0.05, 0.1) is 4.90 Å². The first-order valence-electron chi connectivity index (χ1n) is 6.19. The molecule has 1 fully saturated rings. The van der Waals surface area contributed by atoms with Crippen molar-refractivity contribution in [1.82, 2.24) is 0 Å². The van der Waals surface area contributed by atoms with Crippen LogP contribution in [0.4, 0.5) is 0 Å². The molecule has 4 N–H and O–H groups in total. The van der Waals surface area contributed by atoms with Crippen molar-refractivity contribution in [2.75, 3.05) is 6.26 Å². The van der Waals surface area contributed by atoms with Crippen LogP contribution in [-0.4, -0.2) is 26.5 Å². The van der Waals surface area contributed by atoms with E-state index in [2.05, 4.69) is 4.99 Å². The zero-order valence-electron chi connectivity index (χ0n) is 11.4. The normalized spacial score (nSPS) is 14.9. The van der Waals surface area contributed by atoms with Crippen LogP contribution in [0.3, 0.4) is 0 Å². The summed E-state index contributed by atoms with van der Waals surface area (Å²) in [5.41, 5.74) is 11.8. The van der Waals surface area contributed by atoms with Gasteiger partial charge in [0.15, 0.2) is 15.8 Å². The van der Waals surface area contributed by atoms with Crippen LogP contribution in [0.15, 0.2) is 22.0 Å². The van der Waals surface area contributed by atoms with E-state index in [4.69, 9.17) is 11.5 Å². The molecule has 0 saturated heterocycles. The molecule has 7 heteroatoms. The number of guanidine groups is 1. The van der Waals surface area contributed by atoms with Gasteiger partial charge in [-0.2, -0.15) is 4.99 Å². The smallest absolute Gasteiger partial charge is 0.280 e. The molecule has 1 aromatic carbocycles. The van der Waals surface area contributed by atoms with Crippen LogP contribution in [0.5, 0.6) is 0 Å². The fourth-order valence-corrected chi connectivity index (χ4v) is 3.66. The lowest BCUT2D eigenvalue weighted by atomic mass is 10.0. The van der Waals surface area contributed by atoms with E-state index in [9.17, 15) is 13.2 Å². The first kappa shape index (κ1) is 14.5. The summed E-state index contributed by atoms with van der Waals surface area (Å²) in [6.45, 7) is 1.61. The van der Waals surface area contributed by atoms with Gasteiger partial charge in [-0.1, -0.05) is 6.07 Å². The molecule has 20 heavy (non-hydrogen) atoms. The molecule has 1 saturated carbocycles. The number of sulfone groups is 1. The monoisotopic (exact) mass is 295 g/mol. The first-order valence-corrected chi connectivity index (χ1v) is 8.08. The predicted octanol–water partition coefficient (Wildman–Crippen LogP) is 0.690. The number of benzene rings is 1.